The van der Waals surface area contributed by atoms with Crippen molar-refractivity contribution in [3.05, 3.63) is 312 Å². The van der Waals surface area contributed by atoms with E-state index in [1.165, 1.54) is 27.8 Å². The van der Waals surface area contributed by atoms with Crippen molar-refractivity contribution in [3.8, 4) is 11.1 Å². The molecule has 9 aromatic carbocycles. The van der Waals surface area contributed by atoms with Gasteiger partial charge >= 0.3 is 0 Å². The van der Waals surface area contributed by atoms with Crippen molar-refractivity contribution in [2.24, 2.45) is 0 Å². The highest BCUT2D eigenvalue weighted by molar-refractivity contribution is 5.94. The molecule has 0 atom stereocenters. The summed E-state index contributed by atoms with van der Waals surface area (Å²) in [6.45, 7) is 10.4. The van der Waals surface area contributed by atoms with Crippen LogP contribution in [0.4, 0.5) is 34.1 Å². The third-order valence-electron chi connectivity index (χ3n) is 12.3. The summed E-state index contributed by atoms with van der Waals surface area (Å²) in [4.78, 5) is 4.65. The van der Waals surface area contributed by atoms with Crippen molar-refractivity contribution in [1.82, 2.24) is 0 Å². The summed E-state index contributed by atoms with van der Waals surface area (Å²) in [5, 5.41) is 0. The van der Waals surface area contributed by atoms with Gasteiger partial charge in [0.25, 0.3) is 0 Å². The number of aryl methyl sites for hydroxylation is 2. The molecule has 0 heterocycles. The second-order valence-electron chi connectivity index (χ2n) is 17.2. The number of hydrogen-bond acceptors (Lipinski definition) is 2. The molecule has 2 heteroatoms. The minimum Gasteiger partial charge on any atom is -0.311 e. The summed E-state index contributed by atoms with van der Waals surface area (Å²) in [7, 11) is 0. The van der Waals surface area contributed by atoms with Gasteiger partial charge in [-0.25, -0.2) is 0 Å². The lowest BCUT2D eigenvalue weighted by molar-refractivity contribution is 1.27. The van der Waals surface area contributed by atoms with E-state index in [1.807, 2.05) is 19.1 Å². The van der Waals surface area contributed by atoms with Crippen molar-refractivity contribution in [2.75, 3.05) is 9.80 Å². The zero-order valence-corrected chi connectivity index (χ0v) is 39.6. The van der Waals surface area contributed by atoms with Crippen molar-refractivity contribution in [1.29, 1.82) is 0 Å². The van der Waals surface area contributed by atoms with Gasteiger partial charge in [0.15, 0.2) is 0 Å². The van der Waals surface area contributed by atoms with Crippen LogP contribution in [-0.4, -0.2) is 0 Å². The molecule has 0 bridgehead atoms. The highest BCUT2D eigenvalue weighted by atomic mass is 15.1. The molecule has 0 saturated heterocycles. The van der Waals surface area contributed by atoms with Crippen LogP contribution in [0.5, 0.6) is 0 Å². The first-order chi connectivity index (χ1) is 33.9. The minimum absolute atomic E-state index is 1.07. The van der Waals surface area contributed by atoms with Gasteiger partial charge in [0, 0.05) is 34.1 Å². The highest BCUT2D eigenvalue weighted by Crippen LogP contribution is 2.39. The minimum atomic E-state index is 1.07. The quantitative estimate of drug-likeness (QED) is 0.0747. The van der Waals surface area contributed by atoms with Gasteiger partial charge in [-0.15, -0.1) is 0 Å². The van der Waals surface area contributed by atoms with Gasteiger partial charge < -0.3 is 9.80 Å². The molecule has 0 fully saturated rings. The molecular weight excluding hydrogens is 833 g/mol. The molecule has 9 aromatic rings. The molecular formula is C67H56N2. The summed E-state index contributed by atoms with van der Waals surface area (Å²) in [6.07, 6.45) is 12.7. The molecule has 2 nitrogen and oxygen atoms in total. The zero-order valence-electron chi connectivity index (χ0n) is 39.6. The molecule has 0 amide bonds. The zero-order chi connectivity index (χ0) is 47.4. The molecule has 0 saturated carbocycles. The Hall–Kier alpha value is -8.72. The van der Waals surface area contributed by atoms with Crippen molar-refractivity contribution in [2.45, 2.75) is 20.8 Å². The number of anilines is 6. The molecule has 0 aliphatic heterocycles. The van der Waals surface area contributed by atoms with E-state index >= 15 is 0 Å². The fourth-order valence-corrected chi connectivity index (χ4v) is 8.65. The van der Waals surface area contributed by atoms with Crippen LogP contribution in [0, 0.1) is 13.8 Å². The Morgan fingerprint density at radius 3 is 1.07 bits per heavy atom. The Labute approximate surface area is 409 Å². The van der Waals surface area contributed by atoms with Crippen LogP contribution in [0.2, 0.25) is 0 Å². The van der Waals surface area contributed by atoms with Crippen molar-refractivity contribution >= 4 is 57.4 Å². The number of nitrogens with zero attached hydrogens (tertiary/aromatic N) is 2. The van der Waals surface area contributed by atoms with E-state index in [0.717, 1.165) is 73.1 Å². The molecule has 0 aliphatic rings. The van der Waals surface area contributed by atoms with Crippen molar-refractivity contribution in [3.63, 3.8) is 0 Å². The van der Waals surface area contributed by atoms with Gasteiger partial charge in [-0.05, 0) is 161 Å². The summed E-state index contributed by atoms with van der Waals surface area (Å²) >= 11 is 0. The second kappa shape index (κ2) is 21.7. The summed E-state index contributed by atoms with van der Waals surface area (Å²) in [5.74, 6) is 0. The molecule has 0 radical (unpaired) electrons. The molecule has 0 aliphatic carbocycles. The Balaban J connectivity index is 1.00. The highest BCUT2D eigenvalue weighted by Gasteiger charge is 2.16. The van der Waals surface area contributed by atoms with Crippen molar-refractivity contribution < 1.29 is 0 Å². The van der Waals surface area contributed by atoms with Crippen LogP contribution in [-0.2, 0) is 0 Å². The lowest BCUT2D eigenvalue weighted by Crippen LogP contribution is -2.10. The van der Waals surface area contributed by atoms with Crippen LogP contribution < -0.4 is 9.80 Å². The monoisotopic (exact) mass is 888 g/mol. The maximum atomic E-state index is 4.14. The third kappa shape index (κ3) is 10.9. The summed E-state index contributed by atoms with van der Waals surface area (Å²) in [5.41, 5.74) is 20.5. The van der Waals surface area contributed by atoms with E-state index in [2.05, 4.69) is 291 Å². The molecule has 0 N–H and O–H groups in total. The van der Waals surface area contributed by atoms with E-state index < -0.39 is 0 Å². The van der Waals surface area contributed by atoms with E-state index in [0.29, 0.717) is 0 Å². The van der Waals surface area contributed by atoms with Crippen LogP contribution in [0.3, 0.4) is 0 Å². The SMILES string of the molecule is C=CC(=C\C=C/C)/C(=C\c1ccc(N(c2ccc(C)cc2)c2ccc(-c3ccc(N(c4ccc(C)cc4)c4ccc(C=C(c5ccccc5)c5ccccc5)cc4)cc3)cc2)cc1)c1ccccc1. The maximum absolute atomic E-state index is 4.14. The molecule has 0 spiro atoms. The predicted octanol–water partition coefficient (Wildman–Crippen LogP) is 18.7. The van der Waals surface area contributed by atoms with Gasteiger partial charge in [-0.2, -0.15) is 0 Å². The smallest absolute Gasteiger partial charge is 0.0462 e. The molecule has 69 heavy (non-hydrogen) atoms. The fourth-order valence-electron chi connectivity index (χ4n) is 8.65. The fraction of sp³-hybridized carbons (Fsp3) is 0.0448. The number of allylic oxidation sites excluding steroid dienone is 6. The average molecular weight is 889 g/mol. The normalized spacial score (nSPS) is 11.6. The third-order valence-corrected chi connectivity index (χ3v) is 12.3. The van der Waals surface area contributed by atoms with Crippen LogP contribution in [0.1, 0.15) is 45.9 Å². The van der Waals surface area contributed by atoms with Gasteiger partial charge in [-0.3, -0.25) is 0 Å². The first-order valence-corrected chi connectivity index (χ1v) is 23.6. The Kier molecular flexibility index (Phi) is 14.3. The topological polar surface area (TPSA) is 6.48 Å². The Morgan fingerprint density at radius 2 is 0.710 bits per heavy atom. The van der Waals surface area contributed by atoms with E-state index in [9.17, 15) is 0 Å². The second-order valence-corrected chi connectivity index (χ2v) is 17.2. The standard InChI is InChI=1S/C67H56N2/c1-5-7-17-54(6-2)66(57-18-11-8-12-19-57)48-52-28-40-62(41-29-52)68(60-36-24-50(3)25-37-60)64-44-32-55(33-45-64)56-34-46-65(47-35-56)69(61-38-26-51(4)27-39-61)63-42-30-53(31-43-63)49-67(58-20-13-9-14-21-58)59-22-15-10-16-23-59/h5-49H,2H2,1,3-4H3/b7-5-,54-17+,66-48+. The predicted molar refractivity (Wildman–Crippen MR) is 298 cm³/mol. The van der Waals surface area contributed by atoms with E-state index in [4.69, 9.17) is 0 Å². The lowest BCUT2D eigenvalue weighted by atomic mass is 9.95. The summed E-state index contributed by atoms with van der Waals surface area (Å²) in [6, 6.07) is 84.8. The number of rotatable bonds is 15. The maximum Gasteiger partial charge on any atom is 0.0462 e. The number of benzene rings is 9. The molecule has 9 rings (SSSR count). The van der Waals surface area contributed by atoms with Gasteiger partial charge in [0.2, 0.25) is 0 Å². The first kappa shape index (κ1) is 45.4. The van der Waals surface area contributed by atoms with Crippen LogP contribution in [0.15, 0.2) is 273 Å². The average Bonchev–Trinajstić information content (AvgIpc) is 3.41. The van der Waals surface area contributed by atoms with E-state index in [1.54, 1.807) is 0 Å². The first-order valence-electron chi connectivity index (χ1n) is 23.6. The lowest BCUT2D eigenvalue weighted by Gasteiger charge is -2.26. The molecule has 334 valence electrons. The Bertz CT molecular complexity index is 3170. The summed E-state index contributed by atoms with van der Waals surface area (Å²) < 4.78 is 0. The van der Waals surface area contributed by atoms with Gasteiger partial charge in [0.05, 0.1) is 0 Å². The van der Waals surface area contributed by atoms with Crippen LogP contribution in [0.25, 0.3) is 34.4 Å². The van der Waals surface area contributed by atoms with Gasteiger partial charge in [-0.1, -0.05) is 206 Å². The largest absolute Gasteiger partial charge is 0.311 e. The molecule has 0 unspecified atom stereocenters. The number of hydrogen-bond donors (Lipinski definition) is 0. The van der Waals surface area contributed by atoms with Crippen LogP contribution >= 0.6 is 0 Å². The van der Waals surface area contributed by atoms with E-state index in [-0.39, 0.29) is 0 Å². The Morgan fingerprint density at radius 1 is 0.377 bits per heavy atom. The molecule has 0 aromatic heterocycles. The van der Waals surface area contributed by atoms with Gasteiger partial charge in [0.1, 0.15) is 0 Å².